The maximum absolute atomic E-state index is 12.2. The van der Waals surface area contributed by atoms with Gasteiger partial charge >= 0.3 is 5.97 Å². The van der Waals surface area contributed by atoms with Gasteiger partial charge in [0, 0.05) is 48.8 Å². The van der Waals surface area contributed by atoms with Gasteiger partial charge in [-0.05, 0) is 44.0 Å². The number of aliphatic carboxylic acids is 1. The second-order valence-corrected chi connectivity index (χ2v) is 5.84. The summed E-state index contributed by atoms with van der Waals surface area (Å²) in [5.74, 6) is -1.03. The zero-order valence-corrected chi connectivity index (χ0v) is 14.4. The predicted molar refractivity (Wildman–Crippen MR) is 92.5 cm³/mol. The monoisotopic (exact) mass is 332 g/mol. The number of fused-ring (bicyclic) bond motifs is 1. The highest BCUT2D eigenvalue weighted by atomic mass is 16.5. The SMILES string of the molecule is COCCn1c(C)c(C)c2cc(C(=O)NCCCC(=O)O)ccc21. The van der Waals surface area contributed by atoms with Crippen molar-refractivity contribution in [2.75, 3.05) is 20.3 Å². The van der Waals surface area contributed by atoms with Crippen LogP contribution in [0.25, 0.3) is 10.9 Å². The van der Waals surface area contributed by atoms with E-state index in [0.29, 0.717) is 25.1 Å². The summed E-state index contributed by atoms with van der Waals surface area (Å²) in [7, 11) is 1.68. The zero-order chi connectivity index (χ0) is 17.7. The fourth-order valence-corrected chi connectivity index (χ4v) is 2.81. The van der Waals surface area contributed by atoms with Crippen LogP contribution in [0.4, 0.5) is 0 Å². The number of carboxylic acids is 1. The van der Waals surface area contributed by atoms with E-state index in [9.17, 15) is 9.59 Å². The number of hydrogen-bond donors (Lipinski definition) is 2. The molecule has 0 unspecified atom stereocenters. The Labute approximate surface area is 141 Å². The van der Waals surface area contributed by atoms with E-state index in [4.69, 9.17) is 9.84 Å². The summed E-state index contributed by atoms with van der Waals surface area (Å²) >= 11 is 0. The summed E-state index contributed by atoms with van der Waals surface area (Å²) in [5.41, 5.74) is 4.00. The second-order valence-electron chi connectivity index (χ2n) is 5.84. The van der Waals surface area contributed by atoms with E-state index in [1.165, 1.54) is 5.69 Å². The fraction of sp³-hybridized carbons (Fsp3) is 0.444. The molecular weight excluding hydrogens is 308 g/mol. The molecule has 0 saturated heterocycles. The first kappa shape index (κ1) is 18.0. The molecule has 1 heterocycles. The first-order valence-corrected chi connectivity index (χ1v) is 8.04. The molecular formula is C18H24N2O4. The van der Waals surface area contributed by atoms with Crippen LogP contribution in [0.1, 0.15) is 34.5 Å². The van der Waals surface area contributed by atoms with Crippen LogP contribution in [0.3, 0.4) is 0 Å². The number of aryl methyl sites for hydroxylation is 1. The van der Waals surface area contributed by atoms with E-state index in [1.807, 2.05) is 12.1 Å². The van der Waals surface area contributed by atoms with Crippen molar-refractivity contribution in [1.82, 2.24) is 9.88 Å². The third-order valence-corrected chi connectivity index (χ3v) is 4.27. The molecule has 0 aliphatic rings. The number of methoxy groups -OCH3 is 1. The molecule has 0 aliphatic carbocycles. The minimum atomic E-state index is -0.853. The number of hydrogen-bond acceptors (Lipinski definition) is 3. The number of amides is 1. The Morgan fingerprint density at radius 1 is 1.29 bits per heavy atom. The average molecular weight is 332 g/mol. The Balaban J connectivity index is 2.17. The van der Waals surface area contributed by atoms with Crippen LogP contribution in [0.2, 0.25) is 0 Å². The third kappa shape index (κ3) is 3.94. The number of nitrogens with one attached hydrogen (secondary N) is 1. The number of aromatic nitrogens is 1. The van der Waals surface area contributed by atoms with Crippen LogP contribution in [-0.2, 0) is 16.1 Å². The molecule has 0 aliphatic heterocycles. The van der Waals surface area contributed by atoms with Gasteiger partial charge in [-0.3, -0.25) is 9.59 Å². The zero-order valence-electron chi connectivity index (χ0n) is 14.4. The van der Waals surface area contributed by atoms with Crippen LogP contribution in [-0.4, -0.2) is 41.8 Å². The normalized spacial score (nSPS) is 11.0. The first-order chi connectivity index (χ1) is 11.5. The standard InChI is InChI=1S/C18H24N2O4/c1-12-13(2)20(9-10-24-3)16-7-6-14(11-15(12)16)18(23)19-8-4-5-17(21)22/h6-7,11H,4-5,8-10H2,1-3H3,(H,19,23)(H,21,22). The van der Waals surface area contributed by atoms with Crippen molar-refractivity contribution in [1.29, 1.82) is 0 Å². The van der Waals surface area contributed by atoms with Crippen molar-refractivity contribution in [2.45, 2.75) is 33.2 Å². The summed E-state index contributed by atoms with van der Waals surface area (Å²) in [6.07, 6.45) is 0.481. The van der Waals surface area contributed by atoms with Crippen molar-refractivity contribution in [2.24, 2.45) is 0 Å². The lowest BCUT2D eigenvalue weighted by atomic mass is 10.1. The summed E-state index contributed by atoms with van der Waals surface area (Å²) in [4.78, 5) is 22.7. The van der Waals surface area contributed by atoms with Gasteiger partial charge in [0.1, 0.15) is 0 Å². The minimum absolute atomic E-state index is 0.0555. The lowest BCUT2D eigenvalue weighted by Gasteiger charge is -2.08. The smallest absolute Gasteiger partial charge is 0.303 e. The Hall–Kier alpha value is -2.34. The molecule has 130 valence electrons. The van der Waals surface area contributed by atoms with E-state index in [-0.39, 0.29) is 12.3 Å². The van der Waals surface area contributed by atoms with Gasteiger partial charge in [-0.15, -0.1) is 0 Å². The highest BCUT2D eigenvalue weighted by Gasteiger charge is 2.13. The minimum Gasteiger partial charge on any atom is -0.481 e. The predicted octanol–water partition coefficient (Wildman–Crippen LogP) is 2.50. The van der Waals surface area contributed by atoms with Crippen LogP contribution in [0, 0.1) is 13.8 Å². The van der Waals surface area contributed by atoms with Crippen LogP contribution < -0.4 is 5.32 Å². The quantitative estimate of drug-likeness (QED) is 0.728. The summed E-state index contributed by atoms with van der Waals surface area (Å²) < 4.78 is 7.36. The van der Waals surface area contributed by atoms with E-state index in [2.05, 4.69) is 23.7 Å². The maximum atomic E-state index is 12.2. The van der Waals surface area contributed by atoms with Crippen molar-refractivity contribution in [3.8, 4) is 0 Å². The molecule has 0 bridgehead atoms. The fourth-order valence-electron chi connectivity index (χ4n) is 2.81. The third-order valence-electron chi connectivity index (χ3n) is 4.27. The van der Waals surface area contributed by atoms with E-state index < -0.39 is 5.97 Å². The molecule has 6 heteroatoms. The molecule has 2 rings (SSSR count). The van der Waals surface area contributed by atoms with E-state index in [0.717, 1.165) is 23.0 Å². The van der Waals surface area contributed by atoms with Gasteiger partial charge < -0.3 is 19.7 Å². The molecule has 1 amide bonds. The Morgan fingerprint density at radius 3 is 2.71 bits per heavy atom. The number of carboxylic acid groups (broad SMARTS) is 1. The van der Waals surface area contributed by atoms with Crippen molar-refractivity contribution >= 4 is 22.8 Å². The van der Waals surface area contributed by atoms with Gasteiger partial charge in [0.15, 0.2) is 0 Å². The molecule has 0 atom stereocenters. The van der Waals surface area contributed by atoms with Crippen molar-refractivity contribution in [3.63, 3.8) is 0 Å². The van der Waals surface area contributed by atoms with Gasteiger partial charge in [-0.2, -0.15) is 0 Å². The number of ether oxygens (including phenoxy) is 1. The summed E-state index contributed by atoms with van der Waals surface area (Å²) in [6, 6.07) is 5.65. The van der Waals surface area contributed by atoms with E-state index >= 15 is 0 Å². The lowest BCUT2D eigenvalue weighted by Crippen LogP contribution is -2.24. The highest BCUT2D eigenvalue weighted by molar-refractivity contribution is 5.99. The Kier molecular flexibility index (Phi) is 5.98. The highest BCUT2D eigenvalue weighted by Crippen LogP contribution is 2.26. The number of carbonyl (C=O) groups is 2. The number of carbonyl (C=O) groups excluding carboxylic acids is 1. The molecule has 24 heavy (non-hydrogen) atoms. The molecule has 0 spiro atoms. The van der Waals surface area contributed by atoms with Crippen molar-refractivity contribution < 1.29 is 19.4 Å². The molecule has 0 fully saturated rings. The largest absolute Gasteiger partial charge is 0.481 e. The van der Waals surface area contributed by atoms with Crippen LogP contribution in [0.15, 0.2) is 18.2 Å². The molecule has 0 saturated carbocycles. The number of rotatable bonds is 8. The number of benzene rings is 1. The Bertz CT molecular complexity index is 749. The summed E-state index contributed by atoms with van der Waals surface area (Å²) in [5, 5.41) is 12.4. The molecule has 6 nitrogen and oxygen atoms in total. The van der Waals surface area contributed by atoms with Gasteiger partial charge in [0.2, 0.25) is 0 Å². The van der Waals surface area contributed by atoms with E-state index in [1.54, 1.807) is 13.2 Å². The van der Waals surface area contributed by atoms with Gasteiger partial charge in [0.25, 0.3) is 5.91 Å². The van der Waals surface area contributed by atoms with Gasteiger partial charge in [-0.1, -0.05) is 0 Å². The first-order valence-electron chi connectivity index (χ1n) is 8.04. The Morgan fingerprint density at radius 2 is 2.04 bits per heavy atom. The van der Waals surface area contributed by atoms with Gasteiger partial charge in [-0.25, -0.2) is 0 Å². The van der Waals surface area contributed by atoms with Crippen molar-refractivity contribution in [3.05, 3.63) is 35.0 Å². The molecule has 1 aromatic carbocycles. The molecule has 0 radical (unpaired) electrons. The maximum Gasteiger partial charge on any atom is 0.303 e. The molecule has 2 N–H and O–H groups in total. The number of nitrogens with zero attached hydrogens (tertiary/aromatic N) is 1. The van der Waals surface area contributed by atoms with Gasteiger partial charge in [0.05, 0.1) is 6.61 Å². The summed E-state index contributed by atoms with van der Waals surface area (Å²) in [6.45, 7) is 5.88. The average Bonchev–Trinajstić information content (AvgIpc) is 2.80. The molecule has 2 aromatic rings. The lowest BCUT2D eigenvalue weighted by molar-refractivity contribution is -0.137. The van der Waals surface area contributed by atoms with Crippen LogP contribution in [0.5, 0.6) is 0 Å². The second kappa shape index (κ2) is 7.97. The van der Waals surface area contributed by atoms with Crippen LogP contribution >= 0.6 is 0 Å². The molecule has 1 aromatic heterocycles. The topological polar surface area (TPSA) is 80.6 Å².